The standard InChI is InChI=1S/C26H19NO9/c1-7-13(29)5-10-17(20(7)30)23(33)16-12(6-28)9-3-2-8-4-11-18(26(35)36-25(11)27)22(32)14(8)15(9)24(34)19(16)21(10)31/h4-6,18,22,25,29-30,32,34H,2-3,27H2,1H3. The smallest absolute Gasteiger partial charge is 0.318 e. The summed E-state index contributed by atoms with van der Waals surface area (Å²) in [4.78, 5) is 51.8. The highest BCUT2D eigenvalue weighted by Gasteiger charge is 2.49. The number of aliphatic hydroxyl groups excluding tert-OH is 1. The SMILES string of the molecule is Cc1c(O)cc2c(c1O)C(=O)c1c(C=O)c3c(c(O)c1C2=O)C1=C(C=C2C(N)OC(=O)C2C1O)CC3. The number of fused-ring (bicyclic) bond motifs is 5. The van der Waals surface area contributed by atoms with Crippen LogP contribution in [0.15, 0.2) is 23.3 Å². The Kier molecular flexibility index (Phi) is 4.39. The number of rotatable bonds is 1. The molecule has 0 aromatic heterocycles. The van der Waals surface area contributed by atoms with Crippen LogP contribution in [0, 0.1) is 12.8 Å². The van der Waals surface area contributed by atoms with Gasteiger partial charge in [-0.25, -0.2) is 0 Å². The number of aromatic hydroxyl groups is 3. The Labute approximate surface area is 202 Å². The number of hydrogen-bond acceptors (Lipinski definition) is 10. The Morgan fingerprint density at radius 3 is 2.42 bits per heavy atom. The van der Waals surface area contributed by atoms with Crippen molar-refractivity contribution in [3.05, 3.63) is 67.8 Å². The van der Waals surface area contributed by atoms with Crippen molar-refractivity contribution in [2.24, 2.45) is 11.7 Å². The van der Waals surface area contributed by atoms with Gasteiger partial charge < -0.3 is 25.2 Å². The molecule has 6 rings (SSSR count). The average molecular weight is 489 g/mol. The van der Waals surface area contributed by atoms with Crippen molar-refractivity contribution in [1.29, 1.82) is 0 Å². The van der Waals surface area contributed by atoms with Crippen LogP contribution in [0.4, 0.5) is 0 Å². The zero-order chi connectivity index (χ0) is 25.8. The predicted molar refractivity (Wildman–Crippen MR) is 122 cm³/mol. The zero-order valence-electron chi connectivity index (χ0n) is 18.8. The second-order valence-corrected chi connectivity index (χ2v) is 9.30. The molecule has 0 amide bonds. The molecule has 10 heteroatoms. The minimum absolute atomic E-state index is 0.00155. The maximum Gasteiger partial charge on any atom is 0.318 e. The molecule has 3 atom stereocenters. The highest BCUT2D eigenvalue weighted by atomic mass is 16.6. The van der Waals surface area contributed by atoms with E-state index in [1.807, 2.05) is 0 Å². The first-order chi connectivity index (χ1) is 17.1. The predicted octanol–water partition coefficient (Wildman–Crippen LogP) is 1.16. The van der Waals surface area contributed by atoms with Crippen molar-refractivity contribution < 1.29 is 44.3 Å². The van der Waals surface area contributed by atoms with E-state index in [0.717, 1.165) is 6.07 Å². The van der Waals surface area contributed by atoms with Crippen molar-refractivity contribution in [2.75, 3.05) is 0 Å². The van der Waals surface area contributed by atoms with E-state index in [9.17, 15) is 39.6 Å². The molecule has 6 N–H and O–H groups in total. The van der Waals surface area contributed by atoms with Gasteiger partial charge in [0.05, 0.1) is 17.2 Å². The lowest BCUT2D eigenvalue weighted by Crippen LogP contribution is -2.34. The monoisotopic (exact) mass is 489 g/mol. The van der Waals surface area contributed by atoms with E-state index in [1.165, 1.54) is 6.92 Å². The number of carbonyl (C=O) groups is 4. The van der Waals surface area contributed by atoms with Gasteiger partial charge in [-0.3, -0.25) is 24.9 Å². The Balaban J connectivity index is 1.67. The van der Waals surface area contributed by atoms with Crippen LogP contribution in [-0.4, -0.2) is 56.6 Å². The van der Waals surface area contributed by atoms with E-state index in [4.69, 9.17) is 10.5 Å². The molecule has 2 aromatic carbocycles. The highest BCUT2D eigenvalue weighted by molar-refractivity contribution is 6.32. The third-order valence-electron chi connectivity index (χ3n) is 7.59. The third kappa shape index (κ3) is 2.52. The van der Waals surface area contributed by atoms with Crippen LogP contribution >= 0.6 is 0 Å². The van der Waals surface area contributed by atoms with Crippen molar-refractivity contribution >= 4 is 29.4 Å². The van der Waals surface area contributed by atoms with Gasteiger partial charge in [0.15, 0.2) is 24.1 Å². The number of allylic oxidation sites excluding steroid dienone is 2. The van der Waals surface area contributed by atoms with Gasteiger partial charge in [0.2, 0.25) is 0 Å². The summed E-state index contributed by atoms with van der Waals surface area (Å²) in [5, 5.41) is 43.3. The lowest BCUT2D eigenvalue weighted by molar-refractivity contribution is -0.145. The molecule has 4 aliphatic rings. The molecule has 36 heavy (non-hydrogen) atoms. The molecule has 1 aliphatic heterocycles. The zero-order valence-corrected chi connectivity index (χ0v) is 18.8. The summed E-state index contributed by atoms with van der Waals surface area (Å²) in [6, 6.07) is 1.03. The number of esters is 1. The fourth-order valence-electron chi connectivity index (χ4n) is 5.84. The number of aldehydes is 1. The van der Waals surface area contributed by atoms with Gasteiger partial charge in [0.25, 0.3) is 0 Å². The summed E-state index contributed by atoms with van der Waals surface area (Å²) in [5.74, 6) is -5.24. The molecule has 1 fully saturated rings. The molecule has 0 bridgehead atoms. The second kappa shape index (κ2) is 7.12. The first-order valence-electron chi connectivity index (χ1n) is 11.2. The van der Waals surface area contributed by atoms with Crippen molar-refractivity contribution in [3.63, 3.8) is 0 Å². The van der Waals surface area contributed by atoms with Gasteiger partial charge in [-0.2, -0.15) is 0 Å². The lowest BCUT2D eigenvalue weighted by atomic mass is 9.69. The van der Waals surface area contributed by atoms with E-state index < -0.39 is 58.6 Å². The van der Waals surface area contributed by atoms with Crippen LogP contribution in [-0.2, 0) is 16.0 Å². The van der Waals surface area contributed by atoms with Crippen LogP contribution in [0.3, 0.4) is 0 Å². The van der Waals surface area contributed by atoms with Gasteiger partial charge in [-0.15, -0.1) is 0 Å². The molecule has 0 saturated carbocycles. The first kappa shape index (κ1) is 22.2. The summed E-state index contributed by atoms with van der Waals surface area (Å²) in [7, 11) is 0. The molecule has 3 unspecified atom stereocenters. The van der Waals surface area contributed by atoms with Crippen LogP contribution < -0.4 is 5.73 Å². The van der Waals surface area contributed by atoms with Crippen molar-refractivity contribution in [2.45, 2.75) is 32.1 Å². The van der Waals surface area contributed by atoms with E-state index in [-0.39, 0.29) is 50.9 Å². The van der Waals surface area contributed by atoms with E-state index in [2.05, 4.69) is 0 Å². The molecule has 1 saturated heterocycles. The van der Waals surface area contributed by atoms with Gasteiger partial charge >= 0.3 is 5.97 Å². The molecule has 1 heterocycles. The largest absolute Gasteiger partial charge is 0.508 e. The van der Waals surface area contributed by atoms with Crippen LogP contribution in [0.2, 0.25) is 0 Å². The lowest BCUT2D eigenvalue weighted by Gasteiger charge is -2.34. The molecular formula is C26H19NO9. The van der Waals surface area contributed by atoms with Crippen LogP contribution in [0.25, 0.3) is 5.57 Å². The molecule has 0 radical (unpaired) electrons. The summed E-state index contributed by atoms with van der Waals surface area (Å²) in [6.07, 6.45) is 0.0248. The van der Waals surface area contributed by atoms with Crippen molar-refractivity contribution in [1.82, 2.24) is 0 Å². The first-order valence-corrected chi connectivity index (χ1v) is 11.2. The quantitative estimate of drug-likeness (QED) is 0.245. The van der Waals surface area contributed by atoms with Gasteiger partial charge in [0.1, 0.15) is 23.2 Å². The molecule has 182 valence electrons. The number of carbonyl (C=O) groups excluding carboxylic acids is 4. The minimum Gasteiger partial charge on any atom is -0.508 e. The minimum atomic E-state index is -1.47. The van der Waals surface area contributed by atoms with Gasteiger partial charge in [-0.1, -0.05) is 6.08 Å². The second-order valence-electron chi connectivity index (χ2n) is 9.30. The number of aliphatic hydroxyl groups is 1. The van der Waals surface area contributed by atoms with Crippen LogP contribution in [0.1, 0.15) is 65.3 Å². The van der Waals surface area contributed by atoms with Crippen molar-refractivity contribution in [3.8, 4) is 17.2 Å². The Bertz CT molecular complexity index is 1560. The number of cyclic esters (lactones) is 1. The topological polar surface area (TPSA) is 184 Å². The Morgan fingerprint density at radius 2 is 1.72 bits per heavy atom. The average Bonchev–Trinajstić information content (AvgIpc) is 3.13. The summed E-state index contributed by atoms with van der Waals surface area (Å²) in [6.45, 7) is 1.36. The number of nitrogens with two attached hydrogens (primary N) is 1. The number of benzene rings is 2. The van der Waals surface area contributed by atoms with E-state index >= 15 is 0 Å². The number of ether oxygens (including phenoxy) is 1. The summed E-state index contributed by atoms with van der Waals surface area (Å²) in [5.41, 5.74) is 5.53. The maximum absolute atomic E-state index is 13.5. The molecule has 2 aromatic rings. The van der Waals surface area contributed by atoms with E-state index in [1.54, 1.807) is 6.08 Å². The Hall–Kier alpha value is -4.28. The molecule has 3 aliphatic carbocycles. The fraction of sp³-hybridized carbons (Fsp3) is 0.231. The van der Waals surface area contributed by atoms with Crippen LogP contribution in [0.5, 0.6) is 17.2 Å². The highest BCUT2D eigenvalue weighted by Crippen LogP contribution is 2.52. The molecule has 0 spiro atoms. The summed E-state index contributed by atoms with van der Waals surface area (Å²) < 4.78 is 5.06. The molecular weight excluding hydrogens is 470 g/mol. The normalized spacial score (nSPS) is 23.8. The fourth-order valence-corrected chi connectivity index (χ4v) is 5.84. The maximum atomic E-state index is 13.5. The van der Waals surface area contributed by atoms with Gasteiger partial charge in [0, 0.05) is 33.4 Å². The van der Waals surface area contributed by atoms with E-state index in [0.29, 0.717) is 23.9 Å². The number of phenols is 3. The summed E-state index contributed by atoms with van der Waals surface area (Å²) >= 11 is 0. The van der Waals surface area contributed by atoms with Gasteiger partial charge in [-0.05, 0) is 42.5 Å². The number of phenolic OH excluding ortho intramolecular Hbond substituents is 3. The molecule has 10 nitrogen and oxygen atoms in total. The number of ketones is 2. The number of hydrogen-bond donors (Lipinski definition) is 5. The Morgan fingerprint density at radius 1 is 1.00 bits per heavy atom. The third-order valence-corrected chi connectivity index (χ3v) is 7.59.